The first-order valence-electron chi connectivity index (χ1n) is 6.61. The van der Waals surface area contributed by atoms with Crippen LogP contribution < -0.4 is 10.2 Å². The summed E-state index contributed by atoms with van der Waals surface area (Å²) < 4.78 is 0. The number of fused-ring (bicyclic) bond motifs is 1. The van der Waals surface area contributed by atoms with Crippen molar-refractivity contribution in [1.82, 2.24) is 0 Å². The molecule has 21 heavy (non-hydrogen) atoms. The van der Waals surface area contributed by atoms with E-state index in [4.69, 9.17) is 0 Å². The van der Waals surface area contributed by atoms with Crippen LogP contribution in [0.5, 0.6) is 0 Å². The van der Waals surface area contributed by atoms with Gasteiger partial charge in [0.15, 0.2) is 0 Å². The Kier molecular flexibility index (Phi) is 3.44. The van der Waals surface area contributed by atoms with E-state index in [1.165, 1.54) is 17.0 Å². The molecule has 0 saturated carbocycles. The van der Waals surface area contributed by atoms with Crippen LogP contribution in [0.25, 0.3) is 0 Å². The zero-order valence-electron chi connectivity index (χ0n) is 12.4. The van der Waals surface area contributed by atoms with Crippen molar-refractivity contribution in [2.45, 2.75) is 32.6 Å². The van der Waals surface area contributed by atoms with Gasteiger partial charge >= 0.3 is 0 Å². The van der Waals surface area contributed by atoms with Gasteiger partial charge in [-0.1, -0.05) is 6.92 Å². The van der Waals surface area contributed by atoms with E-state index in [-0.39, 0.29) is 29.6 Å². The number of nitro benzene ring substituents is 1. The van der Waals surface area contributed by atoms with E-state index in [2.05, 4.69) is 5.32 Å². The van der Waals surface area contributed by atoms with Gasteiger partial charge in [-0.3, -0.25) is 19.7 Å². The van der Waals surface area contributed by atoms with E-state index in [1.54, 1.807) is 27.8 Å². The van der Waals surface area contributed by atoms with Gasteiger partial charge in [0.1, 0.15) is 5.69 Å². The molecule has 0 saturated heterocycles. The molecule has 1 aromatic rings. The van der Waals surface area contributed by atoms with Crippen LogP contribution in [-0.2, 0) is 15.0 Å². The zero-order chi connectivity index (χ0) is 15.9. The van der Waals surface area contributed by atoms with E-state index < -0.39 is 10.3 Å². The summed E-state index contributed by atoms with van der Waals surface area (Å²) in [5, 5.41) is 13.7. The molecule has 1 heterocycles. The van der Waals surface area contributed by atoms with Gasteiger partial charge in [-0.05, 0) is 25.5 Å². The number of amides is 2. The van der Waals surface area contributed by atoms with Crippen molar-refractivity contribution in [2.24, 2.45) is 0 Å². The number of nitrogens with zero attached hydrogens (tertiary/aromatic N) is 2. The summed E-state index contributed by atoms with van der Waals surface area (Å²) in [5.74, 6) is -0.445. The van der Waals surface area contributed by atoms with Crippen molar-refractivity contribution in [3.63, 3.8) is 0 Å². The first-order valence-corrected chi connectivity index (χ1v) is 6.61. The summed E-state index contributed by atoms with van der Waals surface area (Å²) in [7, 11) is 1.59. The van der Waals surface area contributed by atoms with Crippen LogP contribution in [0.1, 0.15) is 32.8 Å². The lowest BCUT2D eigenvalue weighted by molar-refractivity contribution is -0.383. The lowest BCUT2D eigenvalue weighted by Gasteiger charge is -2.16. The number of benzene rings is 1. The molecule has 1 aliphatic heterocycles. The number of nitrogens with one attached hydrogen (secondary N) is 1. The second-order valence-corrected chi connectivity index (χ2v) is 5.53. The Labute approximate surface area is 122 Å². The average Bonchev–Trinajstić information content (AvgIpc) is 2.59. The second-order valence-electron chi connectivity index (χ2n) is 5.53. The number of hydrogen-bond donors (Lipinski definition) is 1. The van der Waals surface area contributed by atoms with Gasteiger partial charge in [0.25, 0.3) is 5.69 Å². The number of rotatable bonds is 3. The Hall–Kier alpha value is -2.44. The summed E-state index contributed by atoms with van der Waals surface area (Å²) in [4.78, 5) is 35.8. The fourth-order valence-corrected chi connectivity index (χ4v) is 2.49. The Balaban J connectivity index is 2.64. The van der Waals surface area contributed by atoms with Crippen LogP contribution in [-0.4, -0.2) is 23.8 Å². The number of hydrogen-bond acceptors (Lipinski definition) is 4. The van der Waals surface area contributed by atoms with Gasteiger partial charge in [-0.2, -0.15) is 0 Å². The lowest BCUT2D eigenvalue weighted by Crippen LogP contribution is -2.33. The van der Waals surface area contributed by atoms with Crippen molar-refractivity contribution in [3.8, 4) is 0 Å². The van der Waals surface area contributed by atoms with Crippen LogP contribution >= 0.6 is 0 Å². The first-order chi connectivity index (χ1) is 9.70. The van der Waals surface area contributed by atoms with Crippen LogP contribution in [0, 0.1) is 10.1 Å². The topological polar surface area (TPSA) is 92.5 Å². The summed E-state index contributed by atoms with van der Waals surface area (Å²) in [6.45, 7) is 5.18. The maximum atomic E-state index is 12.2. The van der Waals surface area contributed by atoms with Gasteiger partial charge < -0.3 is 10.2 Å². The fraction of sp³-hybridized carbons (Fsp3) is 0.429. The third-order valence-electron chi connectivity index (χ3n) is 3.78. The van der Waals surface area contributed by atoms with Crippen molar-refractivity contribution in [1.29, 1.82) is 0 Å². The monoisotopic (exact) mass is 291 g/mol. The molecule has 7 heteroatoms. The van der Waals surface area contributed by atoms with Gasteiger partial charge in [0, 0.05) is 19.5 Å². The minimum absolute atomic E-state index is 0.127. The molecule has 112 valence electrons. The molecule has 0 aliphatic carbocycles. The van der Waals surface area contributed by atoms with Crippen molar-refractivity contribution < 1.29 is 14.5 Å². The highest BCUT2D eigenvalue weighted by molar-refractivity contribution is 6.08. The van der Waals surface area contributed by atoms with Crippen molar-refractivity contribution in [3.05, 3.63) is 27.8 Å². The smallest absolute Gasteiger partial charge is 0.294 e. The number of likely N-dealkylation sites (N-methyl/N-ethyl adjacent to an activating group) is 1. The molecule has 0 bridgehead atoms. The van der Waals surface area contributed by atoms with E-state index >= 15 is 0 Å². The third-order valence-corrected chi connectivity index (χ3v) is 3.78. The number of carbonyl (C=O) groups is 2. The fourth-order valence-electron chi connectivity index (χ4n) is 2.49. The third kappa shape index (κ3) is 2.24. The van der Waals surface area contributed by atoms with Crippen LogP contribution in [0.2, 0.25) is 0 Å². The summed E-state index contributed by atoms with van der Waals surface area (Å²) in [6.07, 6.45) is 0.219. The molecule has 0 atom stereocenters. The first kappa shape index (κ1) is 15.0. The van der Waals surface area contributed by atoms with E-state index in [0.29, 0.717) is 11.3 Å². The number of nitro groups is 1. The second kappa shape index (κ2) is 4.83. The molecule has 2 amide bonds. The largest absolute Gasteiger partial charge is 0.320 e. The zero-order valence-corrected chi connectivity index (χ0v) is 12.4. The van der Waals surface area contributed by atoms with Crippen LogP contribution in [0.4, 0.5) is 17.1 Å². The molecule has 0 fully saturated rings. The lowest BCUT2D eigenvalue weighted by atomic mass is 9.86. The minimum Gasteiger partial charge on any atom is -0.320 e. The molecule has 2 rings (SSSR count). The molecule has 0 aromatic heterocycles. The van der Waals surface area contributed by atoms with Gasteiger partial charge in [-0.15, -0.1) is 0 Å². The maximum Gasteiger partial charge on any atom is 0.294 e. The summed E-state index contributed by atoms with van der Waals surface area (Å²) in [6, 6.07) is 2.87. The standard InChI is InChI=1S/C14H17N3O4/c1-5-12(18)15-9-6-8-10(7-11(9)17(20)21)16(4)13(19)14(8,2)3/h6-7H,5H2,1-4H3,(H,15,18). The highest BCUT2D eigenvalue weighted by atomic mass is 16.6. The molecule has 1 N–H and O–H groups in total. The predicted octanol–water partition coefficient (Wildman–Crippen LogP) is 2.20. The van der Waals surface area contributed by atoms with Crippen LogP contribution in [0.15, 0.2) is 12.1 Å². The molecular weight excluding hydrogens is 274 g/mol. The molecule has 0 radical (unpaired) electrons. The summed E-state index contributed by atoms with van der Waals surface area (Å²) in [5.41, 5.74) is 0.318. The molecule has 1 aliphatic rings. The van der Waals surface area contributed by atoms with E-state index in [0.717, 1.165) is 0 Å². The quantitative estimate of drug-likeness (QED) is 0.682. The van der Waals surface area contributed by atoms with E-state index in [1.807, 2.05) is 0 Å². The van der Waals surface area contributed by atoms with Crippen molar-refractivity contribution >= 4 is 28.9 Å². The number of anilines is 2. The number of carbonyl (C=O) groups excluding carboxylic acids is 2. The molecular formula is C14H17N3O4. The molecule has 7 nitrogen and oxygen atoms in total. The highest BCUT2D eigenvalue weighted by Gasteiger charge is 2.43. The molecule has 0 unspecified atom stereocenters. The van der Waals surface area contributed by atoms with Gasteiger partial charge in [0.05, 0.1) is 16.0 Å². The Morgan fingerprint density at radius 1 is 1.43 bits per heavy atom. The van der Waals surface area contributed by atoms with Gasteiger partial charge in [-0.25, -0.2) is 0 Å². The Morgan fingerprint density at radius 2 is 2.05 bits per heavy atom. The molecule has 0 spiro atoms. The SMILES string of the molecule is CCC(=O)Nc1cc2c(cc1[N+](=O)[O-])N(C)C(=O)C2(C)C. The normalized spacial score (nSPS) is 15.8. The summed E-state index contributed by atoms with van der Waals surface area (Å²) >= 11 is 0. The van der Waals surface area contributed by atoms with Gasteiger partial charge in [0.2, 0.25) is 11.8 Å². The predicted molar refractivity (Wildman–Crippen MR) is 78.5 cm³/mol. The van der Waals surface area contributed by atoms with Crippen LogP contribution in [0.3, 0.4) is 0 Å². The van der Waals surface area contributed by atoms with Crippen molar-refractivity contribution in [2.75, 3.05) is 17.3 Å². The Morgan fingerprint density at radius 3 is 2.57 bits per heavy atom. The Bertz CT molecular complexity index is 652. The average molecular weight is 291 g/mol. The molecule has 1 aromatic carbocycles. The maximum absolute atomic E-state index is 12.2. The minimum atomic E-state index is -0.773. The highest BCUT2D eigenvalue weighted by Crippen LogP contribution is 2.45. The van der Waals surface area contributed by atoms with E-state index in [9.17, 15) is 19.7 Å².